The third-order valence-corrected chi connectivity index (χ3v) is 4.88. The van der Waals surface area contributed by atoms with Crippen LogP contribution >= 0.6 is 15.9 Å². The van der Waals surface area contributed by atoms with Crippen molar-refractivity contribution >= 4 is 15.9 Å². The van der Waals surface area contributed by atoms with E-state index in [1.807, 2.05) is 0 Å². The van der Waals surface area contributed by atoms with Gasteiger partial charge in [-0.25, -0.2) is 0 Å². The van der Waals surface area contributed by atoms with E-state index >= 15 is 0 Å². The van der Waals surface area contributed by atoms with Crippen LogP contribution in [0.2, 0.25) is 0 Å². The van der Waals surface area contributed by atoms with Gasteiger partial charge in [0.15, 0.2) is 0 Å². The van der Waals surface area contributed by atoms with Crippen molar-refractivity contribution < 1.29 is 0 Å². The summed E-state index contributed by atoms with van der Waals surface area (Å²) in [5.74, 6) is 0.826. The molecule has 0 atom stereocenters. The van der Waals surface area contributed by atoms with E-state index in [-0.39, 0.29) is 5.41 Å². The molecule has 1 heteroatoms. The topological polar surface area (TPSA) is 0 Å². The highest BCUT2D eigenvalue weighted by Crippen LogP contribution is 2.34. The van der Waals surface area contributed by atoms with Gasteiger partial charge in [-0.05, 0) is 41.7 Å². The average Bonchev–Trinajstić information content (AvgIpc) is 2.40. The van der Waals surface area contributed by atoms with Crippen molar-refractivity contribution in [1.82, 2.24) is 0 Å². The minimum Gasteiger partial charge on any atom is -0.0928 e. The predicted molar refractivity (Wildman–Crippen MR) is 83.7 cm³/mol. The molecule has 1 aliphatic carbocycles. The van der Waals surface area contributed by atoms with Gasteiger partial charge in [0.2, 0.25) is 0 Å². The van der Waals surface area contributed by atoms with Gasteiger partial charge in [0.05, 0.1) is 0 Å². The summed E-state index contributed by atoms with van der Waals surface area (Å²) in [6, 6.07) is 9.46. The number of hydrogen-bond acceptors (Lipinski definition) is 0. The summed E-state index contributed by atoms with van der Waals surface area (Å²) in [4.78, 5) is 0. The zero-order valence-electron chi connectivity index (χ0n) is 11.7. The molecule has 100 valence electrons. The first-order valence-electron chi connectivity index (χ1n) is 7.30. The van der Waals surface area contributed by atoms with Crippen LogP contribution in [0, 0.1) is 0 Å². The molecule has 0 nitrogen and oxygen atoms in total. The Labute approximate surface area is 120 Å². The van der Waals surface area contributed by atoms with E-state index in [0.717, 1.165) is 11.2 Å². The first-order valence-corrected chi connectivity index (χ1v) is 8.42. The zero-order chi connectivity index (χ0) is 13.0. The maximum absolute atomic E-state index is 3.56. The Balaban J connectivity index is 2.09. The summed E-state index contributed by atoms with van der Waals surface area (Å²) in [6.45, 7) is 4.67. The third-order valence-electron chi connectivity index (χ3n) is 4.49. The van der Waals surface area contributed by atoms with Crippen molar-refractivity contribution in [2.24, 2.45) is 0 Å². The Hall–Kier alpha value is -0.300. The number of hydrogen-bond donors (Lipinski definition) is 0. The summed E-state index contributed by atoms with van der Waals surface area (Å²) in [7, 11) is 0. The Morgan fingerprint density at radius 2 is 1.67 bits per heavy atom. The van der Waals surface area contributed by atoms with Gasteiger partial charge in [-0.3, -0.25) is 0 Å². The Morgan fingerprint density at radius 3 is 2.22 bits per heavy atom. The van der Waals surface area contributed by atoms with Crippen LogP contribution in [-0.2, 0) is 5.41 Å². The Kier molecular flexibility index (Phi) is 4.89. The summed E-state index contributed by atoms with van der Waals surface area (Å²) >= 11 is 3.56. The van der Waals surface area contributed by atoms with Gasteiger partial charge in [-0.2, -0.15) is 0 Å². The van der Waals surface area contributed by atoms with Crippen molar-refractivity contribution in [2.75, 3.05) is 5.33 Å². The van der Waals surface area contributed by atoms with Gasteiger partial charge < -0.3 is 0 Å². The van der Waals surface area contributed by atoms with Crippen LogP contribution in [0.3, 0.4) is 0 Å². The first-order chi connectivity index (χ1) is 8.63. The maximum atomic E-state index is 3.56. The maximum Gasteiger partial charge on any atom is 0.00395 e. The highest BCUT2D eigenvalue weighted by atomic mass is 79.9. The minimum absolute atomic E-state index is 0.286. The first kappa shape index (κ1) is 14.1. The van der Waals surface area contributed by atoms with E-state index in [4.69, 9.17) is 0 Å². The lowest BCUT2D eigenvalue weighted by atomic mass is 9.79. The van der Waals surface area contributed by atoms with Gasteiger partial charge in [-0.15, -0.1) is 0 Å². The number of rotatable bonds is 4. The number of halogens is 1. The molecule has 1 aromatic carbocycles. The largest absolute Gasteiger partial charge is 0.0928 e. The molecule has 1 fully saturated rings. The molecule has 0 N–H and O–H groups in total. The lowest BCUT2D eigenvalue weighted by Crippen LogP contribution is -2.17. The van der Waals surface area contributed by atoms with Gasteiger partial charge >= 0.3 is 0 Å². The normalized spacial score (nSPS) is 17.9. The van der Waals surface area contributed by atoms with Crippen LogP contribution in [-0.4, -0.2) is 5.33 Å². The highest BCUT2D eigenvalue weighted by molar-refractivity contribution is 9.09. The lowest BCUT2D eigenvalue weighted by molar-refractivity contribution is 0.443. The fourth-order valence-corrected chi connectivity index (χ4v) is 4.01. The van der Waals surface area contributed by atoms with E-state index in [1.54, 1.807) is 5.56 Å². The average molecular weight is 309 g/mol. The summed E-state index contributed by atoms with van der Waals surface area (Å²) in [6.07, 6.45) is 8.25. The second-order valence-electron chi connectivity index (χ2n) is 6.28. The molecule has 0 bridgehead atoms. The van der Waals surface area contributed by atoms with Gasteiger partial charge in [0.25, 0.3) is 0 Å². The summed E-state index contributed by atoms with van der Waals surface area (Å²) in [5.41, 5.74) is 3.32. The zero-order valence-corrected chi connectivity index (χ0v) is 13.3. The molecular formula is C17H25Br. The minimum atomic E-state index is 0.286. The number of alkyl halides is 1. The van der Waals surface area contributed by atoms with Crippen molar-refractivity contribution in [3.8, 4) is 0 Å². The third kappa shape index (κ3) is 3.38. The molecule has 0 unspecified atom stereocenters. The van der Waals surface area contributed by atoms with Gasteiger partial charge in [0.1, 0.15) is 0 Å². The fraction of sp³-hybridized carbons (Fsp3) is 0.647. The fourth-order valence-electron chi connectivity index (χ4n) is 3.02. The molecule has 0 amide bonds. The molecule has 1 aromatic rings. The standard InChI is InChI=1S/C17H25Br/c1-17(2,12-13-18)16-10-8-15(9-11-16)14-6-4-3-5-7-14/h8-11,14H,3-7,12-13H2,1-2H3. The van der Waals surface area contributed by atoms with Gasteiger partial charge in [-0.1, -0.05) is 73.3 Å². The second kappa shape index (κ2) is 6.23. The predicted octanol–water partition coefficient (Wildman–Crippen LogP) is 5.80. The van der Waals surface area contributed by atoms with Crippen molar-refractivity contribution in [3.05, 3.63) is 35.4 Å². The van der Waals surface area contributed by atoms with E-state index in [0.29, 0.717) is 0 Å². The van der Waals surface area contributed by atoms with E-state index < -0.39 is 0 Å². The molecule has 0 saturated heterocycles. The summed E-state index contributed by atoms with van der Waals surface area (Å²) in [5, 5.41) is 1.07. The van der Waals surface area contributed by atoms with Crippen LogP contribution in [0.5, 0.6) is 0 Å². The van der Waals surface area contributed by atoms with Gasteiger partial charge in [0, 0.05) is 5.33 Å². The smallest absolute Gasteiger partial charge is 0.00395 e. The molecule has 18 heavy (non-hydrogen) atoms. The van der Waals surface area contributed by atoms with Crippen LogP contribution in [0.15, 0.2) is 24.3 Å². The Bertz CT molecular complexity index is 358. The molecular weight excluding hydrogens is 284 g/mol. The lowest BCUT2D eigenvalue weighted by Gasteiger charge is -2.26. The van der Waals surface area contributed by atoms with Crippen LogP contribution in [0.25, 0.3) is 0 Å². The monoisotopic (exact) mass is 308 g/mol. The number of benzene rings is 1. The molecule has 0 aliphatic heterocycles. The van der Waals surface area contributed by atoms with Crippen LogP contribution < -0.4 is 0 Å². The van der Waals surface area contributed by atoms with Crippen molar-refractivity contribution in [3.63, 3.8) is 0 Å². The molecule has 0 aromatic heterocycles. The SMILES string of the molecule is CC(C)(CCBr)c1ccc(C2CCCCC2)cc1. The molecule has 0 spiro atoms. The van der Waals surface area contributed by atoms with E-state index in [1.165, 1.54) is 44.1 Å². The second-order valence-corrected chi connectivity index (χ2v) is 7.07. The molecule has 2 rings (SSSR count). The van der Waals surface area contributed by atoms with Crippen LogP contribution in [0.4, 0.5) is 0 Å². The molecule has 0 radical (unpaired) electrons. The molecule has 1 saturated carbocycles. The Morgan fingerprint density at radius 1 is 1.06 bits per heavy atom. The van der Waals surface area contributed by atoms with E-state index in [9.17, 15) is 0 Å². The van der Waals surface area contributed by atoms with Crippen molar-refractivity contribution in [2.45, 2.75) is 63.7 Å². The van der Waals surface area contributed by atoms with Crippen LogP contribution in [0.1, 0.15) is 69.4 Å². The quantitative estimate of drug-likeness (QED) is 0.617. The van der Waals surface area contributed by atoms with Crippen molar-refractivity contribution in [1.29, 1.82) is 0 Å². The molecule has 1 aliphatic rings. The highest BCUT2D eigenvalue weighted by Gasteiger charge is 2.20. The molecule has 0 heterocycles. The van der Waals surface area contributed by atoms with E-state index in [2.05, 4.69) is 54.0 Å². The summed E-state index contributed by atoms with van der Waals surface area (Å²) < 4.78 is 0.